The van der Waals surface area contributed by atoms with E-state index in [0.717, 1.165) is 46.8 Å². The summed E-state index contributed by atoms with van der Waals surface area (Å²) in [4.78, 5) is 38.8. The van der Waals surface area contributed by atoms with E-state index in [1.54, 1.807) is 20.9 Å². The monoisotopic (exact) mass is 742 g/mol. The molecule has 0 saturated heterocycles. The highest BCUT2D eigenvalue weighted by molar-refractivity contribution is 6.56. The number of imidazole rings is 2. The van der Waals surface area contributed by atoms with Crippen LogP contribution in [0.3, 0.4) is 0 Å². The standard InChI is InChI=1S/C41H22Cl4N4O2/c1-3-4-5-17-7-9-27-29(11-17)49-39(47-27)19-13-23(43)33-34-24(44)14-20-30-18(38-46-26-8-6-16(2)10-28(26)48(38)40(20)50)12-22(42)32(36(30)34)35-25(45)15-21(41(49)51)31(19)37(33)35/h6-15H,3-5H2,1-2H3. The van der Waals surface area contributed by atoms with Gasteiger partial charge in [-0.15, -0.1) is 0 Å². The van der Waals surface area contributed by atoms with Crippen molar-refractivity contribution in [2.75, 3.05) is 0 Å². The van der Waals surface area contributed by atoms with Crippen LogP contribution in [0.25, 0.3) is 98.0 Å². The van der Waals surface area contributed by atoms with Crippen molar-refractivity contribution < 1.29 is 0 Å². The summed E-state index contributed by atoms with van der Waals surface area (Å²) in [7, 11) is 0. The minimum Gasteiger partial charge on any atom is -0.268 e. The van der Waals surface area contributed by atoms with E-state index in [9.17, 15) is 9.59 Å². The molecule has 0 amide bonds. The molecular weight excluding hydrogens is 722 g/mol. The number of hydrogen-bond donors (Lipinski definition) is 0. The van der Waals surface area contributed by atoms with Gasteiger partial charge in [0.05, 0.1) is 32.8 Å². The summed E-state index contributed by atoms with van der Waals surface area (Å²) in [5.74, 6) is 0. The molecule has 0 radical (unpaired) electrons. The molecule has 0 atom stereocenters. The quantitative estimate of drug-likeness (QED) is 0.133. The van der Waals surface area contributed by atoms with Crippen molar-refractivity contribution in [2.45, 2.75) is 33.1 Å². The summed E-state index contributed by atoms with van der Waals surface area (Å²) in [5.41, 5.74) is 5.61. The molecule has 10 heteroatoms. The topological polar surface area (TPSA) is 68.7 Å². The van der Waals surface area contributed by atoms with Crippen LogP contribution in [0.1, 0.15) is 30.9 Å². The molecule has 0 aliphatic carbocycles. The molecule has 0 bridgehead atoms. The number of benzene rings is 7. The van der Waals surface area contributed by atoms with E-state index < -0.39 is 0 Å². The van der Waals surface area contributed by atoms with Crippen LogP contribution in [0.15, 0.2) is 70.3 Å². The Morgan fingerprint density at radius 1 is 0.549 bits per heavy atom. The predicted octanol–water partition coefficient (Wildman–Crippen LogP) is 11.5. The smallest absolute Gasteiger partial charge is 0.264 e. The molecule has 51 heavy (non-hydrogen) atoms. The minimum atomic E-state index is -0.233. The lowest BCUT2D eigenvalue weighted by Crippen LogP contribution is -2.14. The van der Waals surface area contributed by atoms with Crippen LogP contribution in [-0.4, -0.2) is 18.8 Å². The fourth-order valence-corrected chi connectivity index (χ4v) is 9.86. The number of rotatable bonds is 3. The first-order chi connectivity index (χ1) is 24.7. The molecule has 0 N–H and O–H groups in total. The van der Waals surface area contributed by atoms with Crippen LogP contribution in [0.2, 0.25) is 20.1 Å². The molecule has 6 nitrogen and oxygen atoms in total. The number of fused-ring (bicyclic) bond motifs is 10. The van der Waals surface area contributed by atoms with Crippen molar-refractivity contribution >= 4 is 144 Å². The molecule has 11 aromatic rings. The van der Waals surface area contributed by atoms with Gasteiger partial charge < -0.3 is 0 Å². The molecule has 0 aliphatic rings. The van der Waals surface area contributed by atoms with E-state index in [-0.39, 0.29) is 11.1 Å². The summed E-state index contributed by atoms with van der Waals surface area (Å²) in [5, 5.41) is 9.06. The number of unbranched alkanes of at least 4 members (excludes halogenated alkanes) is 1. The maximum atomic E-state index is 14.5. The van der Waals surface area contributed by atoms with Crippen molar-refractivity contribution in [3.63, 3.8) is 0 Å². The second-order valence-corrected chi connectivity index (χ2v) is 15.3. The van der Waals surface area contributed by atoms with Gasteiger partial charge in [0, 0.05) is 74.0 Å². The molecule has 4 heterocycles. The van der Waals surface area contributed by atoms with Crippen molar-refractivity contribution in [1.82, 2.24) is 18.8 Å². The molecule has 11 rings (SSSR count). The Balaban J connectivity index is 1.38. The van der Waals surface area contributed by atoms with Crippen molar-refractivity contribution in [3.05, 3.63) is 113 Å². The predicted molar refractivity (Wildman–Crippen MR) is 213 cm³/mol. The molecule has 7 aromatic carbocycles. The third-order valence-corrected chi connectivity index (χ3v) is 12.0. The van der Waals surface area contributed by atoms with Gasteiger partial charge in [-0.25, -0.2) is 9.97 Å². The number of nitrogens with zero attached hydrogens (tertiary/aromatic N) is 4. The summed E-state index contributed by atoms with van der Waals surface area (Å²) in [6, 6.07) is 19.1. The van der Waals surface area contributed by atoms with E-state index in [1.165, 1.54) is 0 Å². The average Bonchev–Trinajstić information content (AvgIpc) is 3.68. The summed E-state index contributed by atoms with van der Waals surface area (Å²) in [6.07, 6.45) is 3.04. The Kier molecular flexibility index (Phi) is 5.87. The van der Waals surface area contributed by atoms with Gasteiger partial charge in [0.25, 0.3) is 11.1 Å². The highest BCUT2D eigenvalue weighted by Gasteiger charge is 2.29. The fourth-order valence-electron chi connectivity index (χ4n) is 8.66. The maximum Gasteiger partial charge on any atom is 0.264 e. The molecule has 0 spiro atoms. The second-order valence-electron chi connectivity index (χ2n) is 13.7. The van der Waals surface area contributed by atoms with Gasteiger partial charge in [-0.1, -0.05) is 71.9 Å². The van der Waals surface area contributed by atoms with E-state index in [1.807, 2.05) is 43.3 Å². The Morgan fingerprint density at radius 3 is 1.49 bits per heavy atom. The lowest BCUT2D eigenvalue weighted by Gasteiger charge is -2.21. The number of pyridine rings is 2. The Bertz CT molecular complexity index is 3500. The van der Waals surface area contributed by atoms with E-state index in [0.29, 0.717) is 102 Å². The Morgan fingerprint density at radius 2 is 1.00 bits per heavy atom. The third kappa shape index (κ3) is 3.61. The molecule has 0 saturated carbocycles. The number of halogens is 4. The zero-order chi connectivity index (χ0) is 34.8. The van der Waals surface area contributed by atoms with Gasteiger partial charge in [0.2, 0.25) is 0 Å². The minimum absolute atomic E-state index is 0.220. The van der Waals surface area contributed by atoms with E-state index in [4.69, 9.17) is 56.4 Å². The molecule has 0 fully saturated rings. The van der Waals surface area contributed by atoms with Crippen molar-refractivity contribution in [2.24, 2.45) is 0 Å². The van der Waals surface area contributed by atoms with Gasteiger partial charge in [0.1, 0.15) is 11.3 Å². The van der Waals surface area contributed by atoms with Crippen molar-refractivity contribution in [3.8, 4) is 0 Å². The van der Waals surface area contributed by atoms with Gasteiger partial charge in [0.15, 0.2) is 0 Å². The number of aryl methyl sites for hydroxylation is 2. The normalized spacial score (nSPS) is 12.9. The van der Waals surface area contributed by atoms with Crippen LogP contribution in [0, 0.1) is 6.92 Å². The van der Waals surface area contributed by atoms with Gasteiger partial charge in [-0.3, -0.25) is 18.4 Å². The molecule has 0 unspecified atom stereocenters. The Labute approximate surface area is 307 Å². The van der Waals surface area contributed by atoms with Crippen LogP contribution < -0.4 is 11.1 Å². The SMILES string of the molecule is CCCCc1ccc2nc3c4cc(Cl)c5c6c(Cl)cc7c(=O)n8c9cc(C)ccc9nc8c8cc(Cl)c(c9c(Cl)cc(c(=O)n3c2c1)c4c95)c6c78. The summed E-state index contributed by atoms with van der Waals surface area (Å²) in [6.45, 7) is 4.14. The molecule has 246 valence electrons. The van der Waals surface area contributed by atoms with Crippen LogP contribution in [0.5, 0.6) is 0 Å². The summed E-state index contributed by atoms with van der Waals surface area (Å²) >= 11 is 29.2. The lowest BCUT2D eigenvalue weighted by molar-refractivity contribution is 0.795. The number of aromatic nitrogens is 4. The molecule has 4 aromatic heterocycles. The van der Waals surface area contributed by atoms with Gasteiger partial charge >= 0.3 is 0 Å². The lowest BCUT2D eigenvalue weighted by atomic mass is 9.86. The zero-order valence-corrected chi connectivity index (χ0v) is 30.0. The van der Waals surface area contributed by atoms with E-state index >= 15 is 0 Å². The van der Waals surface area contributed by atoms with Crippen molar-refractivity contribution in [1.29, 1.82) is 0 Å². The summed E-state index contributed by atoms with van der Waals surface area (Å²) < 4.78 is 3.32. The van der Waals surface area contributed by atoms with E-state index in [2.05, 4.69) is 19.1 Å². The van der Waals surface area contributed by atoms with Gasteiger partial charge in [-0.05, 0) is 79.4 Å². The number of hydrogen-bond acceptors (Lipinski definition) is 4. The van der Waals surface area contributed by atoms with Crippen LogP contribution >= 0.6 is 46.4 Å². The molecular formula is C41H22Cl4N4O2. The first kappa shape index (κ1) is 30.0. The second kappa shape index (κ2) is 9.99. The average molecular weight is 744 g/mol. The maximum absolute atomic E-state index is 14.5. The third-order valence-electron chi connectivity index (χ3n) is 10.8. The molecule has 0 aliphatic heterocycles. The first-order valence-electron chi connectivity index (χ1n) is 16.7. The van der Waals surface area contributed by atoms with Crippen LogP contribution in [-0.2, 0) is 6.42 Å². The Hall–Kier alpha value is -4.72. The largest absolute Gasteiger partial charge is 0.268 e. The zero-order valence-electron chi connectivity index (χ0n) is 27.0. The first-order valence-corrected chi connectivity index (χ1v) is 18.3. The fraction of sp³-hybridized carbons (Fsp3) is 0.122. The van der Waals surface area contributed by atoms with Crippen LogP contribution in [0.4, 0.5) is 0 Å². The van der Waals surface area contributed by atoms with Gasteiger partial charge in [-0.2, -0.15) is 0 Å². The highest BCUT2D eigenvalue weighted by atomic mass is 35.5. The highest BCUT2D eigenvalue weighted by Crippen LogP contribution is 2.53.